The van der Waals surface area contributed by atoms with Gasteiger partial charge in [0.1, 0.15) is 6.10 Å². The molecule has 3 rings (SSSR count). The van der Waals surface area contributed by atoms with Crippen LogP contribution in [0.2, 0.25) is 0 Å². The number of hydrogen-bond donors (Lipinski definition) is 2. The van der Waals surface area contributed by atoms with Crippen LogP contribution in [0.1, 0.15) is 43.9 Å². The molecule has 0 aliphatic heterocycles. The van der Waals surface area contributed by atoms with Gasteiger partial charge in [0.25, 0.3) is 0 Å². The topological polar surface area (TPSA) is 59.1 Å². The molecule has 0 bridgehead atoms. The van der Waals surface area contributed by atoms with E-state index in [0.717, 1.165) is 42.3 Å². The van der Waals surface area contributed by atoms with Gasteiger partial charge >= 0.3 is 0 Å². The first kappa shape index (κ1) is 13.5. The van der Waals surface area contributed by atoms with Crippen LogP contribution in [-0.2, 0) is 0 Å². The Morgan fingerprint density at radius 3 is 2.60 bits per heavy atom. The molecule has 1 aromatic carbocycles. The summed E-state index contributed by atoms with van der Waals surface area (Å²) >= 11 is 0. The molecule has 3 nitrogen and oxygen atoms in total. The molecule has 1 atom stereocenters. The summed E-state index contributed by atoms with van der Waals surface area (Å²) in [4.78, 5) is 4.64. The summed E-state index contributed by atoms with van der Waals surface area (Å²) < 4.78 is 0. The van der Waals surface area contributed by atoms with Crippen molar-refractivity contribution >= 4 is 10.9 Å². The van der Waals surface area contributed by atoms with Gasteiger partial charge < -0.3 is 10.8 Å². The van der Waals surface area contributed by atoms with E-state index in [1.54, 1.807) is 0 Å². The second kappa shape index (κ2) is 5.51. The largest absolute Gasteiger partial charge is 0.386 e. The fourth-order valence-corrected chi connectivity index (χ4v) is 3.39. The number of nitrogens with zero attached hydrogens (tertiary/aromatic N) is 1. The maximum absolute atomic E-state index is 10.8. The number of para-hydroxylation sites is 1. The van der Waals surface area contributed by atoms with Gasteiger partial charge in [-0.05, 0) is 25.0 Å². The van der Waals surface area contributed by atoms with Crippen molar-refractivity contribution in [2.24, 2.45) is 11.1 Å². The minimum atomic E-state index is -0.558. The fraction of sp³-hybridized carbons (Fsp3) is 0.471. The molecule has 2 aromatic rings. The molecule has 1 unspecified atom stereocenters. The molecule has 1 aliphatic carbocycles. The first-order chi connectivity index (χ1) is 9.75. The molecule has 0 saturated heterocycles. The Morgan fingerprint density at radius 2 is 1.85 bits per heavy atom. The lowest BCUT2D eigenvalue weighted by atomic mass is 9.69. The summed E-state index contributed by atoms with van der Waals surface area (Å²) in [5, 5.41) is 11.9. The Bertz CT molecular complexity index is 590. The molecular weight excluding hydrogens is 248 g/mol. The monoisotopic (exact) mass is 270 g/mol. The third kappa shape index (κ3) is 2.32. The van der Waals surface area contributed by atoms with Crippen molar-refractivity contribution in [3.63, 3.8) is 0 Å². The van der Waals surface area contributed by atoms with E-state index in [-0.39, 0.29) is 5.41 Å². The van der Waals surface area contributed by atoms with E-state index >= 15 is 0 Å². The predicted molar refractivity (Wildman–Crippen MR) is 81.3 cm³/mol. The van der Waals surface area contributed by atoms with E-state index in [4.69, 9.17) is 5.73 Å². The second-order valence-corrected chi connectivity index (χ2v) is 5.96. The van der Waals surface area contributed by atoms with Crippen LogP contribution in [0.3, 0.4) is 0 Å². The quantitative estimate of drug-likeness (QED) is 0.900. The number of hydrogen-bond acceptors (Lipinski definition) is 3. The van der Waals surface area contributed by atoms with Crippen LogP contribution in [0.5, 0.6) is 0 Å². The average Bonchev–Trinajstić information content (AvgIpc) is 2.54. The average molecular weight is 270 g/mol. The number of aliphatic hydroxyl groups is 1. The Hall–Kier alpha value is -1.45. The van der Waals surface area contributed by atoms with Crippen LogP contribution < -0.4 is 5.73 Å². The summed E-state index contributed by atoms with van der Waals surface area (Å²) in [7, 11) is 0. The zero-order valence-electron chi connectivity index (χ0n) is 11.8. The maximum atomic E-state index is 10.8. The standard InChI is InChI=1S/C17H22N2O/c18-12-17(10-4-1-5-11-17)16(20)15-9-8-13-6-2-3-7-14(13)19-15/h2-3,6-9,16,20H,1,4-5,10-12,18H2. The van der Waals surface area contributed by atoms with Crippen molar-refractivity contribution in [1.82, 2.24) is 4.98 Å². The first-order valence-corrected chi connectivity index (χ1v) is 7.49. The summed E-state index contributed by atoms with van der Waals surface area (Å²) in [5.74, 6) is 0. The highest BCUT2D eigenvalue weighted by molar-refractivity contribution is 5.78. The Balaban J connectivity index is 1.96. The van der Waals surface area contributed by atoms with Crippen molar-refractivity contribution < 1.29 is 5.11 Å². The molecule has 0 amide bonds. The van der Waals surface area contributed by atoms with Crippen LogP contribution in [-0.4, -0.2) is 16.6 Å². The maximum Gasteiger partial charge on any atom is 0.103 e. The minimum Gasteiger partial charge on any atom is -0.386 e. The summed E-state index contributed by atoms with van der Waals surface area (Å²) in [6.07, 6.45) is 5.00. The zero-order chi connectivity index (χ0) is 14.0. The number of fused-ring (bicyclic) bond motifs is 1. The highest BCUT2D eigenvalue weighted by Gasteiger charge is 2.39. The van der Waals surface area contributed by atoms with Gasteiger partial charge in [-0.3, -0.25) is 4.98 Å². The van der Waals surface area contributed by atoms with Gasteiger partial charge in [-0.1, -0.05) is 43.5 Å². The van der Waals surface area contributed by atoms with E-state index in [1.165, 1.54) is 6.42 Å². The van der Waals surface area contributed by atoms with E-state index in [9.17, 15) is 5.11 Å². The van der Waals surface area contributed by atoms with Crippen LogP contribution >= 0.6 is 0 Å². The van der Waals surface area contributed by atoms with Crippen LogP contribution in [0.4, 0.5) is 0 Å². The molecule has 0 spiro atoms. The molecule has 3 heteroatoms. The van der Waals surface area contributed by atoms with Gasteiger partial charge in [0, 0.05) is 17.3 Å². The molecule has 106 valence electrons. The van der Waals surface area contributed by atoms with Crippen LogP contribution in [0, 0.1) is 5.41 Å². The molecule has 1 aromatic heterocycles. The second-order valence-electron chi connectivity index (χ2n) is 5.96. The third-order valence-corrected chi connectivity index (χ3v) is 4.74. The van der Waals surface area contributed by atoms with Crippen molar-refractivity contribution in [3.05, 3.63) is 42.1 Å². The number of aliphatic hydroxyl groups excluding tert-OH is 1. The summed E-state index contributed by atoms with van der Waals surface area (Å²) in [6.45, 7) is 0.530. The van der Waals surface area contributed by atoms with Gasteiger partial charge in [0.2, 0.25) is 0 Å². The lowest BCUT2D eigenvalue weighted by Gasteiger charge is -2.40. The molecular formula is C17H22N2O. The van der Waals surface area contributed by atoms with Crippen molar-refractivity contribution in [2.75, 3.05) is 6.54 Å². The van der Waals surface area contributed by atoms with Crippen LogP contribution in [0.25, 0.3) is 10.9 Å². The first-order valence-electron chi connectivity index (χ1n) is 7.49. The van der Waals surface area contributed by atoms with Crippen molar-refractivity contribution in [2.45, 2.75) is 38.2 Å². The lowest BCUT2D eigenvalue weighted by Crippen LogP contribution is -2.39. The molecule has 1 aliphatic rings. The molecule has 1 fully saturated rings. The third-order valence-electron chi connectivity index (χ3n) is 4.74. The van der Waals surface area contributed by atoms with E-state index in [2.05, 4.69) is 4.98 Å². The van der Waals surface area contributed by atoms with Crippen molar-refractivity contribution in [1.29, 1.82) is 0 Å². The number of pyridine rings is 1. The summed E-state index contributed by atoms with van der Waals surface area (Å²) in [6, 6.07) is 12.0. The van der Waals surface area contributed by atoms with E-state index < -0.39 is 6.10 Å². The lowest BCUT2D eigenvalue weighted by molar-refractivity contribution is -0.00193. The molecule has 20 heavy (non-hydrogen) atoms. The molecule has 1 heterocycles. The number of rotatable bonds is 3. The Kier molecular flexibility index (Phi) is 3.72. The van der Waals surface area contributed by atoms with E-state index in [1.807, 2.05) is 36.4 Å². The van der Waals surface area contributed by atoms with Crippen LogP contribution in [0.15, 0.2) is 36.4 Å². The number of benzene rings is 1. The number of nitrogens with two attached hydrogens (primary N) is 1. The van der Waals surface area contributed by atoms with Crippen molar-refractivity contribution in [3.8, 4) is 0 Å². The SMILES string of the molecule is NCC1(C(O)c2ccc3ccccc3n2)CCCCC1. The minimum absolute atomic E-state index is 0.187. The fourth-order valence-electron chi connectivity index (χ4n) is 3.39. The molecule has 1 saturated carbocycles. The predicted octanol–water partition coefficient (Wildman–Crippen LogP) is 3.18. The highest BCUT2D eigenvalue weighted by Crippen LogP contribution is 2.44. The smallest absolute Gasteiger partial charge is 0.103 e. The highest BCUT2D eigenvalue weighted by atomic mass is 16.3. The number of aromatic nitrogens is 1. The Morgan fingerprint density at radius 1 is 1.10 bits per heavy atom. The van der Waals surface area contributed by atoms with Gasteiger partial charge in [-0.25, -0.2) is 0 Å². The zero-order valence-corrected chi connectivity index (χ0v) is 11.8. The Labute approximate surface area is 119 Å². The van der Waals surface area contributed by atoms with Gasteiger partial charge in [-0.2, -0.15) is 0 Å². The van der Waals surface area contributed by atoms with E-state index in [0.29, 0.717) is 6.54 Å². The molecule has 0 radical (unpaired) electrons. The molecule has 3 N–H and O–H groups in total. The normalized spacial score (nSPS) is 19.9. The van der Waals surface area contributed by atoms with Gasteiger partial charge in [0.05, 0.1) is 11.2 Å². The van der Waals surface area contributed by atoms with Gasteiger partial charge in [0.15, 0.2) is 0 Å². The summed E-state index contributed by atoms with van der Waals surface area (Å²) in [5.41, 5.74) is 7.51. The van der Waals surface area contributed by atoms with Gasteiger partial charge in [-0.15, -0.1) is 0 Å².